The Bertz CT molecular complexity index is 651. The molecule has 0 fully saturated rings. The molecule has 21 heavy (non-hydrogen) atoms. The Morgan fingerprint density at radius 2 is 2.29 bits per heavy atom. The van der Waals surface area contributed by atoms with E-state index in [9.17, 15) is 9.59 Å². The number of carboxylic acid groups (broad SMARTS) is 1. The first-order chi connectivity index (χ1) is 9.97. The molecular formula is C12H15N5O3S. The standard InChI is InChI=1S/C12H15N5O3S/c1-7(10-16-9(6-21-10)11(18)19)15-12(20)13-5-8-3-4-14-17(8)2/h3-4,6-7H,5H2,1-2H3,(H,18,19)(H2,13,15,20). The van der Waals surface area contributed by atoms with Gasteiger partial charge in [-0.25, -0.2) is 14.6 Å². The van der Waals surface area contributed by atoms with E-state index >= 15 is 0 Å². The van der Waals surface area contributed by atoms with Gasteiger partial charge in [-0.2, -0.15) is 5.10 Å². The van der Waals surface area contributed by atoms with Crippen LogP contribution in [0.4, 0.5) is 4.79 Å². The molecular weight excluding hydrogens is 294 g/mol. The summed E-state index contributed by atoms with van der Waals surface area (Å²) in [6, 6.07) is 1.09. The number of urea groups is 1. The van der Waals surface area contributed by atoms with Crippen LogP contribution < -0.4 is 10.6 Å². The molecule has 2 heterocycles. The van der Waals surface area contributed by atoms with Gasteiger partial charge in [0.05, 0.1) is 18.3 Å². The molecule has 0 aromatic carbocycles. The molecule has 2 rings (SSSR count). The van der Waals surface area contributed by atoms with Gasteiger partial charge in [-0.05, 0) is 13.0 Å². The third kappa shape index (κ3) is 3.78. The molecule has 2 amide bonds. The average molecular weight is 309 g/mol. The van der Waals surface area contributed by atoms with Gasteiger partial charge in [0, 0.05) is 18.6 Å². The fraction of sp³-hybridized carbons (Fsp3) is 0.333. The number of thiazole rings is 1. The molecule has 2 aromatic rings. The van der Waals surface area contributed by atoms with Crippen molar-refractivity contribution in [2.24, 2.45) is 7.05 Å². The lowest BCUT2D eigenvalue weighted by molar-refractivity contribution is 0.0691. The van der Waals surface area contributed by atoms with Gasteiger partial charge < -0.3 is 15.7 Å². The molecule has 1 atom stereocenters. The van der Waals surface area contributed by atoms with Crippen LogP contribution in [0.5, 0.6) is 0 Å². The van der Waals surface area contributed by atoms with Crippen molar-refractivity contribution in [2.45, 2.75) is 19.5 Å². The fourth-order valence-electron chi connectivity index (χ4n) is 1.64. The molecule has 0 aliphatic heterocycles. The topological polar surface area (TPSA) is 109 Å². The Kier molecular flexibility index (Phi) is 4.53. The molecule has 0 spiro atoms. The summed E-state index contributed by atoms with van der Waals surface area (Å²) in [5.74, 6) is -1.08. The largest absolute Gasteiger partial charge is 0.476 e. The van der Waals surface area contributed by atoms with Crippen molar-refractivity contribution in [1.82, 2.24) is 25.4 Å². The van der Waals surface area contributed by atoms with Crippen LogP contribution in [0.1, 0.15) is 34.2 Å². The quantitative estimate of drug-likeness (QED) is 0.767. The van der Waals surface area contributed by atoms with Gasteiger partial charge in [0.15, 0.2) is 5.69 Å². The number of hydrogen-bond acceptors (Lipinski definition) is 5. The maximum atomic E-state index is 11.8. The van der Waals surface area contributed by atoms with Crippen LogP contribution in [0.15, 0.2) is 17.6 Å². The van der Waals surface area contributed by atoms with Crippen molar-refractivity contribution in [3.63, 3.8) is 0 Å². The molecule has 0 saturated carbocycles. The molecule has 0 aliphatic carbocycles. The molecule has 9 heteroatoms. The lowest BCUT2D eigenvalue weighted by Crippen LogP contribution is -2.37. The van der Waals surface area contributed by atoms with Gasteiger partial charge in [-0.15, -0.1) is 11.3 Å². The summed E-state index contributed by atoms with van der Waals surface area (Å²) in [4.78, 5) is 26.5. The number of aromatic carboxylic acids is 1. The van der Waals surface area contributed by atoms with Crippen molar-refractivity contribution in [2.75, 3.05) is 0 Å². The van der Waals surface area contributed by atoms with E-state index in [0.29, 0.717) is 11.6 Å². The number of nitrogens with zero attached hydrogens (tertiary/aromatic N) is 3. The van der Waals surface area contributed by atoms with Gasteiger partial charge in [-0.1, -0.05) is 0 Å². The number of aryl methyl sites for hydroxylation is 1. The first-order valence-corrected chi connectivity index (χ1v) is 7.05. The molecule has 112 valence electrons. The van der Waals surface area contributed by atoms with E-state index in [1.807, 2.05) is 6.07 Å². The monoisotopic (exact) mass is 309 g/mol. The lowest BCUT2D eigenvalue weighted by atomic mass is 10.3. The highest BCUT2D eigenvalue weighted by molar-refractivity contribution is 7.09. The highest BCUT2D eigenvalue weighted by Crippen LogP contribution is 2.17. The number of hydrogen-bond donors (Lipinski definition) is 3. The number of carboxylic acids is 1. The van der Waals surface area contributed by atoms with Crippen molar-refractivity contribution in [3.05, 3.63) is 34.0 Å². The minimum Gasteiger partial charge on any atom is -0.476 e. The van der Waals surface area contributed by atoms with E-state index in [1.165, 1.54) is 16.7 Å². The Morgan fingerprint density at radius 1 is 1.52 bits per heavy atom. The summed E-state index contributed by atoms with van der Waals surface area (Å²) < 4.78 is 1.67. The predicted octanol–water partition coefficient (Wildman–Crippen LogP) is 1.14. The average Bonchev–Trinajstić information content (AvgIpc) is 3.05. The Hall–Kier alpha value is -2.42. The fourth-order valence-corrected chi connectivity index (χ4v) is 2.44. The van der Waals surface area contributed by atoms with Crippen molar-refractivity contribution >= 4 is 23.3 Å². The minimum atomic E-state index is -1.08. The van der Waals surface area contributed by atoms with E-state index in [1.54, 1.807) is 24.9 Å². The van der Waals surface area contributed by atoms with E-state index in [4.69, 9.17) is 5.11 Å². The van der Waals surface area contributed by atoms with Crippen molar-refractivity contribution < 1.29 is 14.7 Å². The second-order valence-corrected chi connectivity index (χ2v) is 5.26. The number of nitrogens with one attached hydrogen (secondary N) is 2. The van der Waals surface area contributed by atoms with Crippen LogP contribution in [0.3, 0.4) is 0 Å². The van der Waals surface area contributed by atoms with E-state index in [0.717, 1.165) is 5.69 Å². The zero-order valence-electron chi connectivity index (χ0n) is 11.5. The molecule has 8 nitrogen and oxygen atoms in total. The molecule has 0 radical (unpaired) electrons. The third-order valence-corrected chi connectivity index (χ3v) is 3.84. The summed E-state index contributed by atoms with van der Waals surface area (Å²) in [6.45, 7) is 2.10. The number of amides is 2. The smallest absolute Gasteiger partial charge is 0.355 e. The second-order valence-electron chi connectivity index (χ2n) is 4.37. The first kappa shape index (κ1) is 15.0. The Balaban J connectivity index is 1.86. The highest BCUT2D eigenvalue weighted by atomic mass is 32.1. The highest BCUT2D eigenvalue weighted by Gasteiger charge is 2.15. The third-order valence-electron chi connectivity index (χ3n) is 2.81. The van der Waals surface area contributed by atoms with Crippen LogP contribution in [-0.2, 0) is 13.6 Å². The SMILES string of the molecule is CC(NC(=O)NCc1ccnn1C)c1nc(C(=O)O)cs1. The van der Waals surface area contributed by atoms with Gasteiger partial charge in [-0.3, -0.25) is 4.68 Å². The first-order valence-electron chi connectivity index (χ1n) is 6.17. The minimum absolute atomic E-state index is 0.0149. The molecule has 2 aromatic heterocycles. The maximum Gasteiger partial charge on any atom is 0.355 e. The van der Waals surface area contributed by atoms with Crippen LogP contribution in [0, 0.1) is 0 Å². The normalized spacial score (nSPS) is 11.9. The summed E-state index contributed by atoms with van der Waals surface area (Å²) in [7, 11) is 1.79. The molecule has 0 aliphatic rings. The number of aromatic nitrogens is 3. The van der Waals surface area contributed by atoms with Crippen molar-refractivity contribution in [1.29, 1.82) is 0 Å². The van der Waals surface area contributed by atoms with Crippen LogP contribution in [0.25, 0.3) is 0 Å². The number of carbonyl (C=O) groups excluding carboxylic acids is 1. The maximum absolute atomic E-state index is 11.8. The number of rotatable bonds is 5. The van der Waals surface area contributed by atoms with Crippen molar-refractivity contribution in [3.8, 4) is 0 Å². The molecule has 0 saturated heterocycles. The van der Waals surface area contributed by atoms with E-state index in [-0.39, 0.29) is 17.8 Å². The summed E-state index contributed by atoms with van der Waals surface area (Å²) in [6.07, 6.45) is 1.65. The zero-order valence-corrected chi connectivity index (χ0v) is 12.3. The van der Waals surface area contributed by atoms with Gasteiger partial charge in [0.25, 0.3) is 0 Å². The van der Waals surface area contributed by atoms with Gasteiger partial charge in [0.2, 0.25) is 0 Å². The number of carbonyl (C=O) groups is 2. The molecule has 1 unspecified atom stereocenters. The Labute approximate surface area is 124 Å². The van der Waals surface area contributed by atoms with E-state index < -0.39 is 5.97 Å². The lowest BCUT2D eigenvalue weighted by Gasteiger charge is -2.12. The van der Waals surface area contributed by atoms with Gasteiger partial charge >= 0.3 is 12.0 Å². The molecule has 0 bridgehead atoms. The van der Waals surface area contributed by atoms with Crippen LogP contribution >= 0.6 is 11.3 Å². The summed E-state index contributed by atoms with van der Waals surface area (Å²) in [5.41, 5.74) is 0.860. The van der Waals surface area contributed by atoms with Gasteiger partial charge in [0.1, 0.15) is 5.01 Å². The summed E-state index contributed by atoms with van der Waals surface area (Å²) in [5, 5.41) is 20.2. The predicted molar refractivity (Wildman–Crippen MR) is 76.1 cm³/mol. The van der Waals surface area contributed by atoms with Crippen LogP contribution in [-0.4, -0.2) is 31.9 Å². The zero-order chi connectivity index (χ0) is 15.4. The molecule has 3 N–H and O–H groups in total. The second kappa shape index (κ2) is 6.35. The van der Waals surface area contributed by atoms with E-state index in [2.05, 4.69) is 20.7 Å². The van der Waals surface area contributed by atoms with Crippen LogP contribution in [0.2, 0.25) is 0 Å². The Morgan fingerprint density at radius 3 is 2.86 bits per heavy atom. The summed E-state index contributed by atoms with van der Waals surface area (Å²) >= 11 is 1.20.